The number of aromatic nitrogens is 6. The molecular formula is C26H25N7O. The van der Waals surface area contributed by atoms with Crippen LogP contribution >= 0.6 is 0 Å². The number of aliphatic hydroxyl groups is 1. The zero-order valence-corrected chi connectivity index (χ0v) is 19.1. The van der Waals surface area contributed by atoms with E-state index in [4.69, 9.17) is 9.97 Å². The topological polar surface area (TPSA) is 95.2 Å². The number of H-pyrrole nitrogens is 1. The monoisotopic (exact) mass is 451 g/mol. The molecule has 0 bridgehead atoms. The second-order valence-corrected chi connectivity index (χ2v) is 8.88. The van der Waals surface area contributed by atoms with Crippen molar-refractivity contribution < 1.29 is 5.11 Å². The molecule has 2 atom stereocenters. The number of aryl methyl sites for hydroxylation is 1. The van der Waals surface area contributed by atoms with E-state index in [2.05, 4.69) is 32.1 Å². The minimum absolute atomic E-state index is 0.0724. The zero-order valence-electron chi connectivity index (χ0n) is 19.1. The lowest BCUT2D eigenvalue weighted by atomic mass is 10.1. The molecule has 170 valence electrons. The van der Waals surface area contributed by atoms with Crippen molar-refractivity contribution in [2.75, 3.05) is 7.05 Å². The van der Waals surface area contributed by atoms with Crippen LogP contribution in [0.4, 0.5) is 0 Å². The molecular weight excluding hydrogens is 426 g/mol. The fourth-order valence-electron chi connectivity index (χ4n) is 4.95. The van der Waals surface area contributed by atoms with Crippen molar-refractivity contribution in [3.05, 3.63) is 89.8 Å². The van der Waals surface area contributed by atoms with Gasteiger partial charge in [-0.2, -0.15) is 5.10 Å². The maximum atomic E-state index is 10.8. The Morgan fingerprint density at radius 3 is 2.85 bits per heavy atom. The molecule has 1 aliphatic rings. The summed E-state index contributed by atoms with van der Waals surface area (Å²) in [6, 6.07) is 18.1. The second kappa shape index (κ2) is 8.16. The number of hydrogen-bond acceptors (Lipinski definition) is 6. The summed E-state index contributed by atoms with van der Waals surface area (Å²) < 4.78 is 1.75. The van der Waals surface area contributed by atoms with Crippen molar-refractivity contribution in [3.63, 3.8) is 0 Å². The number of benzene rings is 1. The third-order valence-corrected chi connectivity index (χ3v) is 6.49. The van der Waals surface area contributed by atoms with Gasteiger partial charge in [0.05, 0.1) is 35.8 Å². The molecule has 34 heavy (non-hydrogen) atoms. The van der Waals surface area contributed by atoms with Crippen LogP contribution in [0.5, 0.6) is 0 Å². The molecule has 0 spiro atoms. The van der Waals surface area contributed by atoms with Crippen molar-refractivity contribution in [3.8, 4) is 22.6 Å². The van der Waals surface area contributed by atoms with Crippen molar-refractivity contribution in [2.24, 2.45) is 0 Å². The van der Waals surface area contributed by atoms with Gasteiger partial charge in [-0.1, -0.05) is 30.3 Å². The number of fused-ring (bicyclic) bond motifs is 2. The van der Waals surface area contributed by atoms with Crippen LogP contribution in [-0.4, -0.2) is 52.7 Å². The van der Waals surface area contributed by atoms with Gasteiger partial charge >= 0.3 is 0 Å². The summed E-state index contributed by atoms with van der Waals surface area (Å²) >= 11 is 0. The van der Waals surface area contributed by atoms with E-state index in [0.29, 0.717) is 13.0 Å². The Kier molecular flexibility index (Phi) is 4.97. The van der Waals surface area contributed by atoms with E-state index in [1.807, 2.05) is 62.6 Å². The number of likely N-dealkylation sites (N-methyl/N-ethyl adjacent to an activating group) is 1. The summed E-state index contributed by atoms with van der Waals surface area (Å²) in [6.45, 7) is 2.54. The van der Waals surface area contributed by atoms with Crippen LogP contribution in [0.2, 0.25) is 0 Å². The fraction of sp³-hybridized carbons (Fsp3) is 0.231. The number of imidazole rings is 1. The van der Waals surface area contributed by atoms with E-state index >= 15 is 0 Å². The number of pyridine rings is 2. The van der Waals surface area contributed by atoms with E-state index in [1.165, 1.54) is 17.5 Å². The molecule has 4 aromatic heterocycles. The largest absolute Gasteiger partial charge is 0.391 e. The van der Waals surface area contributed by atoms with Crippen LogP contribution in [-0.2, 0) is 13.0 Å². The molecule has 0 aliphatic heterocycles. The quantitative estimate of drug-likeness (QED) is 0.424. The molecule has 1 aliphatic carbocycles. The lowest BCUT2D eigenvalue weighted by molar-refractivity contribution is 0.0713. The Labute approximate surface area is 197 Å². The highest BCUT2D eigenvalue weighted by atomic mass is 16.3. The van der Waals surface area contributed by atoms with E-state index in [0.717, 1.165) is 39.8 Å². The van der Waals surface area contributed by atoms with Gasteiger partial charge in [-0.3, -0.25) is 9.88 Å². The molecule has 5 aromatic rings. The van der Waals surface area contributed by atoms with Crippen molar-refractivity contribution in [1.29, 1.82) is 0 Å². The maximum absolute atomic E-state index is 10.8. The van der Waals surface area contributed by atoms with E-state index < -0.39 is 6.10 Å². The van der Waals surface area contributed by atoms with Gasteiger partial charge in [0, 0.05) is 23.9 Å². The Morgan fingerprint density at radius 2 is 1.97 bits per heavy atom. The Hall–Kier alpha value is -3.88. The van der Waals surface area contributed by atoms with E-state index in [9.17, 15) is 5.11 Å². The average molecular weight is 452 g/mol. The predicted octanol–water partition coefficient (Wildman–Crippen LogP) is 3.58. The summed E-state index contributed by atoms with van der Waals surface area (Å²) in [5, 5.41) is 15.1. The minimum Gasteiger partial charge on any atom is -0.391 e. The van der Waals surface area contributed by atoms with Crippen molar-refractivity contribution in [2.45, 2.75) is 32.0 Å². The Bertz CT molecular complexity index is 1490. The first-order valence-electron chi connectivity index (χ1n) is 11.4. The lowest BCUT2D eigenvalue weighted by Crippen LogP contribution is -2.31. The molecule has 0 radical (unpaired) electrons. The minimum atomic E-state index is -0.440. The number of hydrogen-bond donors (Lipinski definition) is 2. The molecule has 4 heterocycles. The Balaban J connectivity index is 1.39. The molecule has 0 amide bonds. The number of nitrogens with one attached hydrogen (secondary N) is 1. The summed E-state index contributed by atoms with van der Waals surface area (Å²) in [7, 11) is 2.03. The molecule has 8 heteroatoms. The summed E-state index contributed by atoms with van der Waals surface area (Å²) in [5.41, 5.74) is 7.54. The van der Waals surface area contributed by atoms with Gasteiger partial charge in [0.1, 0.15) is 12.2 Å². The summed E-state index contributed by atoms with van der Waals surface area (Å²) in [6.07, 6.45) is 3.70. The second-order valence-electron chi connectivity index (χ2n) is 8.88. The van der Waals surface area contributed by atoms with Crippen LogP contribution in [0.3, 0.4) is 0 Å². The molecule has 0 fully saturated rings. The highest BCUT2D eigenvalue weighted by Gasteiger charge is 2.34. The van der Waals surface area contributed by atoms with E-state index in [1.54, 1.807) is 4.52 Å². The van der Waals surface area contributed by atoms with Gasteiger partial charge < -0.3 is 10.1 Å². The molecule has 6 rings (SSSR count). The van der Waals surface area contributed by atoms with Gasteiger partial charge in [-0.15, -0.1) is 0 Å². The SMILES string of the molecule is Cc1cccc(-c2[nH]c(CN(C)[C@@H]3c4ccccc4C[C@H]3O)nc2-c2ccc3ncnn3c2)n1. The molecule has 0 saturated carbocycles. The third-order valence-electron chi connectivity index (χ3n) is 6.49. The first kappa shape index (κ1) is 20.7. The van der Waals surface area contributed by atoms with Crippen LogP contribution in [0.25, 0.3) is 28.3 Å². The number of nitrogens with zero attached hydrogens (tertiary/aromatic N) is 6. The molecule has 8 nitrogen and oxygen atoms in total. The standard InChI is InChI=1S/C26H25N7O/c1-16-6-5-9-20(29-16)25-24(18-10-11-23-27-15-28-33(23)13-18)30-22(31-25)14-32(2)26-19-8-4-3-7-17(19)12-21(26)34/h3-11,13,15,21,26,34H,12,14H2,1-2H3,(H,30,31)/t21-,26-/m1/s1. The van der Waals surface area contributed by atoms with Crippen LogP contribution in [0.15, 0.2) is 67.1 Å². The van der Waals surface area contributed by atoms with Crippen molar-refractivity contribution >= 4 is 5.65 Å². The highest BCUT2D eigenvalue weighted by molar-refractivity contribution is 5.77. The normalized spacial score (nSPS) is 17.5. The van der Waals surface area contributed by atoms with Gasteiger partial charge in [0.25, 0.3) is 0 Å². The number of aliphatic hydroxyl groups excluding tert-OH is 1. The molecule has 0 saturated heterocycles. The number of aromatic amines is 1. The van der Waals surface area contributed by atoms with Gasteiger partial charge in [0.15, 0.2) is 5.65 Å². The van der Waals surface area contributed by atoms with Gasteiger partial charge in [-0.05, 0) is 49.4 Å². The fourth-order valence-corrected chi connectivity index (χ4v) is 4.95. The third kappa shape index (κ3) is 3.57. The summed E-state index contributed by atoms with van der Waals surface area (Å²) in [4.78, 5) is 19.6. The highest BCUT2D eigenvalue weighted by Crippen LogP contribution is 2.36. The van der Waals surface area contributed by atoms with Crippen molar-refractivity contribution in [1.82, 2.24) is 34.4 Å². The van der Waals surface area contributed by atoms with Crippen LogP contribution in [0, 0.1) is 6.92 Å². The maximum Gasteiger partial charge on any atom is 0.155 e. The molecule has 2 N–H and O–H groups in total. The first-order valence-corrected chi connectivity index (χ1v) is 11.4. The number of rotatable bonds is 5. The first-order chi connectivity index (χ1) is 16.6. The van der Waals surface area contributed by atoms with Crippen LogP contribution in [0.1, 0.15) is 28.7 Å². The summed E-state index contributed by atoms with van der Waals surface area (Å²) in [5.74, 6) is 0.811. The van der Waals surface area contributed by atoms with E-state index in [-0.39, 0.29) is 6.04 Å². The van der Waals surface area contributed by atoms with Gasteiger partial charge in [-0.25, -0.2) is 14.5 Å². The van der Waals surface area contributed by atoms with Crippen LogP contribution < -0.4 is 0 Å². The Morgan fingerprint density at radius 1 is 1.09 bits per heavy atom. The van der Waals surface area contributed by atoms with Gasteiger partial charge in [0.2, 0.25) is 0 Å². The smallest absolute Gasteiger partial charge is 0.155 e. The average Bonchev–Trinajstić information content (AvgIpc) is 3.54. The molecule has 0 unspecified atom stereocenters. The zero-order chi connectivity index (χ0) is 23.2. The molecule has 1 aromatic carbocycles. The lowest BCUT2D eigenvalue weighted by Gasteiger charge is -2.27. The predicted molar refractivity (Wildman–Crippen MR) is 129 cm³/mol.